The van der Waals surface area contributed by atoms with Crippen molar-refractivity contribution < 1.29 is 9.84 Å². The van der Waals surface area contributed by atoms with Gasteiger partial charge in [-0.3, -0.25) is 0 Å². The van der Waals surface area contributed by atoms with Crippen LogP contribution in [0.4, 0.5) is 0 Å². The minimum atomic E-state index is -0.577. The van der Waals surface area contributed by atoms with Crippen LogP contribution in [0.2, 0.25) is 10.0 Å². The van der Waals surface area contributed by atoms with Gasteiger partial charge in [-0.05, 0) is 31.0 Å². The van der Waals surface area contributed by atoms with Gasteiger partial charge in [-0.1, -0.05) is 23.2 Å². The number of aliphatic hydroxyl groups is 1. The highest BCUT2D eigenvalue weighted by Gasteiger charge is 2.11. The SMILES string of the molecule is COCCCC(O)c1cc(Cl)ccc1Cl. The van der Waals surface area contributed by atoms with Crippen LogP contribution in [0.1, 0.15) is 24.5 Å². The zero-order chi connectivity index (χ0) is 11.3. The number of hydrogen-bond acceptors (Lipinski definition) is 2. The Balaban J connectivity index is 2.64. The van der Waals surface area contributed by atoms with Crippen LogP contribution >= 0.6 is 23.2 Å². The van der Waals surface area contributed by atoms with E-state index in [9.17, 15) is 5.11 Å². The molecule has 1 N–H and O–H groups in total. The molecule has 0 aliphatic carbocycles. The van der Waals surface area contributed by atoms with Crippen molar-refractivity contribution in [2.24, 2.45) is 0 Å². The van der Waals surface area contributed by atoms with Gasteiger partial charge in [0.15, 0.2) is 0 Å². The van der Waals surface area contributed by atoms with Crippen LogP contribution in [0.15, 0.2) is 18.2 Å². The average molecular weight is 249 g/mol. The zero-order valence-electron chi connectivity index (χ0n) is 8.54. The Morgan fingerprint density at radius 2 is 2.13 bits per heavy atom. The number of halogens is 2. The predicted molar refractivity (Wildman–Crippen MR) is 62.5 cm³/mol. The van der Waals surface area contributed by atoms with Crippen LogP contribution in [0, 0.1) is 0 Å². The van der Waals surface area contributed by atoms with Crippen molar-refractivity contribution >= 4 is 23.2 Å². The second-order valence-electron chi connectivity index (χ2n) is 3.32. The first kappa shape index (κ1) is 12.8. The largest absolute Gasteiger partial charge is 0.388 e. The smallest absolute Gasteiger partial charge is 0.0805 e. The van der Waals surface area contributed by atoms with E-state index in [0.717, 1.165) is 6.42 Å². The Morgan fingerprint density at radius 1 is 1.40 bits per heavy atom. The zero-order valence-corrected chi connectivity index (χ0v) is 10.1. The third-order valence-corrected chi connectivity index (χ3v) is 2.72. The fraction of sp³-hybridized carbons (Fsp3) is 0.455. The molecular formula is C11H14Cl2O2. The summed E-state index contributed by atoms with van der Waals surface area (Å²) in [6.45, 7) is 0.634. The summed E-state index contributed by atoms with van der Waals surface area (Å²) in [5, 5.41) is 11.0. The van der Waals surface area contributed by atoms with Crippen molar-refractivity contribution in [2.45, 2.75) is 18.9 Å². The molecule has 4 heteroatoms. The second-order valence-corrected chi connectivity index (χ2v) is 4.16. The molecule has 2 nitrogen and oxygen atoms in total. The quantitative estimate of drug-likeness (QED) is 0.810. The van der Waals surface area contributed by atoms with Crippen molar-refractivity contribution in [1.29, 1.82) is 0 Å². The Labute approximate surface area is 99.8 Å². The van der Waals surface area contributed by atoms with Crippen molar-refractivity contribution in [2.75, 3.05) is 13.7 Å². The van der Waals surface area contributed by atoms with Gasteiger partial charge in [-0.15, -0.1) is 0 Å². The lowest BCUT2D eigenvalue weighted by Crippen LogP contribution is -2.00. The first-order valence-electron chi connectivity index (χ1n) is 4.77. The molecule has 0 saturated carbocycles. The van der Waals surface area contributed by atoms with E-state index in [0.29, 0.717) is 28.6 Å². The van der Waals surface area contributed by atoms with Crippen LogP contribution in [0.5, 0.6) is 0 Å². The molecule has 0 aromatic heterocycles. The molecule has 0 aliphatic heterocycles. The Hall–Kier alpha value is -0.280. The molecule has 0 heterocycles. The molecular weight excluding hydrogens is 235 g/mol. The van der Waals surface area contributed by atoms with Crippen LogP contribution in [0.25, 0.3) is 0 Å². The maximum absolute atomic E-state index is 9.85. The molecule has 0 fully saturated rings. The molecule has 1 unspecified atom stereocenters. The fourth-order valence-corrected chi connectivity index (χ4v) is 1.77. The Bertz CT molecular complexity index is 315. The number of benzene rings is 1. The van der Waals surface area contributed by atoms with Gasteiger partial charge in [0.25, 0.3) is 0 Å². The second kappa shape index (κ2) is 6.33. The van der Waals surface area contributed by atoms with Crippen molar-refractivity contribution in [1.82, 2.24) is 0 Å². The first-order chi connectivity index (χ1) is 7.15. The first-order valence-corrected chi connectivity index (χ1v) is 5.52. The van der Waals surface area contributed by atoms with E-state index < -0.39 is 6.10 Å². The summed E-state index contributed by atoms with van der Waals surface area (Å²) < 4.78 is 4.91. The minimum Gasteiger partial charge on any atom is -0.388 e. The number of aliphatic hydroxyl groups excluding tert-OH is 1. The van der Waals surface area contributed by atoms with E-state index in [1.54, 1.807) is 25.3 Å². The highest BCUT2D eigenvalue weighted by atomic mass is 35.5. The van der Waals surface area contributed by atoms with Crippen molar-refractivity contribution in [3.63, 3.8) is 0 Å². The van der Waals surface area contributed by atoms with Gasteiger partial charge in [-0.25, -0.2) is 0 Å². The number of rotatable bonds is 5. The molecule has 1 aromatic carbocycles. The molecule has 0 saturated heterocycles. The Kier molecular flexibility index (Phi) is 5.40. The van der Waals surface area contributed by atoms with E-state index in [1.807, 2.05) is 0 Å². The summed E-state index contributed by atoms with van der Waals surface area (Å²) >= 11 is 11.8. The van der Waals surface area contributed by atoms with Crippen molar-refractivity contribution in [3.05, 3.63) is 33.8 Å². The maximum atomic E-state index is 9.85. The van der Waals surface area contributed by atoms with E-state index in [1.165, 1.54) is 0 Å². The summed E-state index contributed by atoms with van der Waals surface area (Å²) in [5.74, 6) is 0. The van der Waals surface area contributed by atoms with Crippen molar-refractivity contribution in [3.8, 4) is 0 Å². The lowest BCUT2D eigenvalue weighted by atomic mass is 10.1. The molecule has 15 heavy (non-hydrogen) atoms. The average Bonchev–Trinajstić information content (AvgIpc) is 2.22. The third-order valence-electron chi connectivity index (χ3n) is 2.14. The van der Waals surface area contributed by atoms with E-state index in [-0.39, 0.29) is 0 Å². The van der Waals surface area contributed by atoms with E-state index in [2.05, 4.69) is 0 Å². The molecule has 84 valence electrons. The van der Waals surface area contributed by atoms with Crippen LogP contribution in [-0.4, -0.2) is 18.8 Å². The number of methoxy groups -OCH3 is 1. The highest BCUT2D eigenvalue weighted by Crippen LogP contribution is 2.28. The van der Waals surface area contributed by atoms with Crippen LogP contribution in [0.3, 0.4) is 0 Å². The summed E-state index contributed by atoms with van der Waals surface area (Å²) in [6.07, 6.45) is 0.834. The molecule has 1 atom stereocenters. The number of ether oxygens (including phenoxy) is 1. The molecule has 1 aromatic rings. The van der Waals surface area contributed by atoms with Crippen LogP contribution < -0.4 is 0 Å². The minimum absolute atomic E-state index is 0.546. The van der Waals surface area contributed by atoms with Gasteiger partial charge >= 0.3 is 0 Å². The number of hydrogen-bond donors (Lipinski definition) is 1. The lowest BCUT2D eigenvalue weighted by Gasteiger charge is -2.12. The predicted octanol–water partition coefficient (Wildman–Crippen LogP) is 3.45. The van der Waals surface area contributed by atoms with Gasteiger partial charge in [0.1, 0.15) is 0 Å². The molecule has 0 spiro atoms. The Morgan fingerprint density at radius 3 is 2.80 bits per heavy atom. The molecule has 0 aliphatic rings. The van der Waals surface area contributed by atoms with E-state index in [4.69, 9.17) is 27.9 Å². The highest BCUT2D eigenvalue weighted by molar-refractivity contribution is 6.33. The lowest BCUT2D eigenvalue weighted by molar-refractivity contribution is 0.136. The van der Waals surface area contributed by atoms with Gasteiger partial charge in [0.05, 0.1) is 6.10 Å². The molecule has 0 radical (unpaired) electrons. The molecule has 0 amide bonds. The van der Waals surface area contributed by atoms with Gasteiger partial charge in [0.2, 0.25) is 0 Å². The maximum Gasteiger partial charge on any atom is 0.0805 e. The molecule has 1 rings (SSSR count). The van der Waals surface area contributed by atoms with Gasteiger partial charge in [-0.2, -0.15) is 0 Å². The van der Waals surface area contributed by atoms with Crippen LogP contribution in [-0.2, 0) is 4.74 Å². The summed E-state index contributed by atoms with van der Waals surface area (Å²) in [5.41, 5.74) is 0.681. The summed E-state index contributed by atoms with van der Waals surface area (Å²) in [4.78, 5) is 0. The standard InChI is InChI=1S/C11H14Cl2O2/c1-15-6-2-3-11(14)9-7-8(12)4-5-10(9)13/h4-5,7,11,14H,2-3,6H2,1H3. The van der Waals surface area contributed by atoms with E-state index >= 15 is 0 Å². The monoisotopic (exact) mass is 248 g/mol. The third kappa shape index (κ3) is 3.99. The summed E-state index contributed by atoms with van der Waals surface area (Å²) in [7, 11) is 1.64. The molecule has 0 bridgehead atoms. The topological polar surface area (TPSA) is 29.5 Å². The summed E-state index contributed by atoms with van der Waals surface area (Å²) in [6, 6.07) is 5.09. The normalized spacial score (nSPS) is 12.8. The fourth-order valence-electron chi connectivity index (χ4n) is 1.35. The van der Waals surface area contributed by atoms with Gasteiger partial charge in [0, 0.05) is 29.3 Å². The van der Waals surface area contributed by atoms with Gasteiger partial charge < -0.3 is 9.84 Å².